The molecular formula is C34H53N5O5. The predicted molar refractivity (Wildman–Crippen MR) is 169 cm³/mol. The zero-order chi connectivity index (χ0) is 32.4. The van der Waals surface area contributed by atoms with E-state index in [4.69, 9.17) is 9.47 Å². The summed E-state index contributed by atoms with van der Waals surface area (Å²) < 4.78 is 11.2. The van der Waals surface area contributed by atoms with Gasteiger partial charge in [0.05, 0.1) is 6.07 Å². The molecule has 1 unspecified atom stereocenters. The molecule has 0 radical (unpaired) electrons. The number of rotatable bonds is 6. The number of nitriles is 1. The number of amides is 2. The van der Waals surface area contributed by atoms with E-state index >= 15 is 0 Å². The summed E-state index contributed by atoms with van der Waals surface area (Å²) in [6, 6.07) is 2.99. The van der Waals surface area contributed by atoms with E-state index < -0.39 is 11.2 Å². The summed E-state index contributed by atoms with van der Waals surface area (Å²) in [5.74, 6) is 0.267. The van der Waals surface area contributed by atoms with Crippen molar-refractivity contribution in [3.63, 3.8) is 0 Å². The molecule has 10 heteroatoms. The van der Waals surface area contributed by atoms with Crippen LogP contribution in [0.25, 0.3) is 0 Å². The van der Waals surface area contributed by atoms with E-state index in [-0.39, 0.29) is 42.3 Å². The Morgan fingerprint density at radius 1 is 0.932 bits per heavy atom. The van der Waals surface area contributed by atoms with Crippen molar-refractivity contribution in [1.29, 1.82) is 5.26 Å². The summed E-state index contributed by atoms with van der Waals surface area (Å²) in [4.78, 5) is 46.1. The van der Waals surface area contributed by atoms with Crippen molar-refractivity contribution in [3.05, 3.63) is 22.8 Å². The van der Waals surface area contributed by atoms with Gasteiger partial charge in [0.2, 0.25) is 0 Å². The van der Waals surface area contributed by atoms with Crippen LogP contribution in [-0.2, 0) is 14.3 Å². The lowest BCUT2D eigenvalue weighted by atomic mass is 9.89. The molecule has 0 saturated carbocycles. The number of ether oxygens (including phenoxy) is 2. The molecule has 0 aromatic carbocycles. The van der Waals surface area contributed by atoms with Crippen LogP contribution in [0.1, 0.15) is 87.5 Å². The SMILES string of the molecule is C[C@@H]1CN(C(=O)OC(C)(C)C)CCN1[C@@H]1C=C(C#N)CC1CCC1=C(C=O)CC[C@@H]1N1CCN(C(=O)OC(C)(C)C)C[C@H]1C. The summed E-state index contributed by atoms with van der Waals surface area (Å²) in [6.07, 6.45) is 6.76. The lowest BCUT2D eigenvalue weighted by molar-refractivity contribution is -0.105. The van der Waals surface area contributed by atoms with Gasteiger partial charge in [-0.15, -0.1) is 0 Å². The Labute approximate surface area is 264 Å². The highest BCUT2D eigenvalue weighted by Gasteiger charge is 2.41. The lowest BCUT2D eigenvalue weighted by Gasteiger charge is -2.45. The van der Waals surface area contributed by atoms with Crippen molar-refractivity contribution in [2.24, 2.45) is 5.92 Å². The largest absolute Gasteiger partial charge is 0.444 e. The average molecular weight is 612 g/mol. The molecule has 2 aliphatic heterocycles. The molecule has 0 spiro atoms. The van der Waals surface area contributed by atoms with Crippen LogP contribution in [0.2, 0.25) is 0 Å². The first kappa shape index (κ1) is 34.0. The first-order valence-electron chi connectivity index (χ1n) is 16.4. The van der Waals surface area contributed by atoms with Gasteiger partial charge < -0.3 is 19.3 Å². The van der Waals surface area contributed by atoms with Gasteiger partial charge in [-0.1, -0.05) is 6.08 Å². The maximum atomic E-state index is 12.7. The number of piperazine rings is 2. The molecule has 0 bridgehead atoms. The topological polar surface area (TPSA) is 106 Å². The minimum absolute atomic E-state index is 0.122. The van der Waals surface area contributed by atoms with Crippen LogP contribution >= 0.6 is 0 Å². The number of aldehydes is 1. The molecule has 2 saturated heterocycles. The normalized spacial score (nSPS) is 29.0. The van der Waals surface area contributed by atoms with Crippen LogP contribution < -0.4 is 0 Å². The van der Waals surface area contributed by atoms with Crippen molar-refractivity contribution < 1.29 is 23.9 Å². The molecular weight excluding hydrogens is 558 g/mol. The fraction of sp³-hybridized carbons (Fsp3) is 0.765. The Bertz CT molecular complexity index is 1190. The van der Waals surface area contributed by atoms with Gasteiger partial charge in [-0.3, -0.25) is 14.6 Å². The minimum atomic E-state index is -0.533. The number of hydrogen-bond donors (Lipinski definition) is 0. The highest BCUT2D eigenvalue weighted by Crippen LogP contribution is 2.39. The average Bonchev–Trinajstić information content (AvgIpc) is 3.53. The highest BCUT2D eigenvalue weighted by atomic mass is 16.6. The number of carbonyl (C=O) groups excluding carboxylic acids is 3. The van der Waals surface area contributed by atoms with Crippen LogP contribution in [0, 0.1) is 17.2 Å². The Morgan fingerprint density at radius 3 is 1.95 bits per heavy atom. The van der Waals surface area contributed by atoms with Gasteiger partial charge in [0, 0.05) is 69.0 Å². The smallest absolute Gasteiger partial charge is 0.410 e. The third-order valence-electron chi connectivity index (χ3n) is 9.35. The second-order valence-corrected chi connectivity index (χ2v) is 15.0. The molecule has 10 nitrogen and oxygen atoms in total. The Morgan fingerprint density at radius 2 is 1.48 bits per heavy atom. The molecule has 0 N–H and O–H groups in total. The van der Waals surface area contributed by atoms with E-state index in [0.29, 0.717) is 26.2 Å². The van der Waals surface area contributed by atoms with Crippen molar-refractivity contribution in [1.82, 2.24) is 19.6 Å². The molecule has 4 rings (SSSR count). The van der Waals surface area contributed by atoms with Gasteiger partial charge in [0.1, 0.15) is 17.5 Å². The number of hydrogen-bond acceptors (Lipinski definition) is 8. The van der Waals surface area contributed by atoms with Crippen LogP contribution in [0.5, 0.6) is 0 Å². The zero-order valence-corrected chi connectivity index (χ0v) is 28.1. The van der Waals surface area contributed by atoms with Crippen LogP contribution in [0.3, 0.4) is 0 Å². The Kier molecular flexibility index (Phi) is 10.5. The molecule has 2 aliphatic carbocycles. The van der Waals surface area contributed by atoms with Crippen molar-refractivity contribution >= 4 is 18.5 Å². The fourth-order valence-electron chi connectivity index (χ4n) is 7.38. The molecule has 0 aromatic rings. The van der Waals surface area contributed by atoms with Crippen molar-refractivity contribution in [3.8, 4) is 6.07 Å². The quantitative estimate of drug-likeness (QED) is 0.380. The maximum Gasteiger partial charge on any atom is 0.410 e. The number of nitrogens with zero attached hydrogens (tertiary/aromatic N) is 5. The number of carbonyl (C=O) groups is 3. The van der Waals surface area contributed by atoms with E-state index in [2.05, 4.69) is 35.8 Å². The third kappa shape index (κ3) is 8.22. The maximum absolute atomic E-state index is 12.7. The van der Waals surface area contributed by atoms with Crippen molar-refractivity contribution in [2.45, 2.75) is 123 Å². The van der Waals surface area contributed by atoms with E-state index in [1.54, 1.807) is 9.80 Å². The monoisotopic (exact) mass is 611 g/mol. The van der Waals surface area contributed by atoms with Gasteiger partial charge in [0.15, 0.2) is 0 Å². The summed E-state index contributed by atoms with van der Waals surface area (Å²) in [5.41, 5.74) is 1.90. The molecule has 5 atom stereocenters. The number of allylic oxidation sites excluding steroid dienone is 2. The second-order valence-electron chi connectivity index (χ2n) is 15.0. The van der Waals surface area contributed by atoms with E-state index in [9.17, 15) is 19.6 Å². The van der Waals surface area contributed by atoms with Crippen LogP contribution in [0.4, 0.5) is 9.59 Å². The van der Waals surface area contributed by atoms with Gasteiger partial charge in [0.25, 0.3) is 0 Å². The molecule has 2 heterocycles. The molecule has 44 heavy (non-hydrogen) atoms. The van der Waals surface area contributed by atoms with Gasteiger partial charge in [-0.2, -0.15) is 5.26 Å². The van der Waals surface area contributed by atoms with Crippen molar-refractivity contribution in [2.75, 3.05) is 39.3 Å². The van der Waals surface area contributed by atoms with E-state index in [0.717, 1.165) is 62.6 Å². The van der Waals surface area contributed by atoms with Crippen LogP contribution in [-0.4, -0.2) is 113 Å². The summed E-state index contributed by atoms with van der Waals surface area (Å²) in [7, 11) is 0. The fourth-order valence-corrected chi connectivity index (χ4v) is 7.38. The summed E-state index contributed by atoms with van der Waals surface area (Å²) in [6.45, 7) is 19.4. The van der Waals surface area contributed by atoms with Gasteiger partial charge >= 0.3 is 12.2 Å². The Hall–Kier alpha value is -2.90. The second kappa shape index (κ2) is 13.6. The van der Waals surface area contributed by atoms with E-state index in [1.165, 1.54) is 5.57 Å². The Balaban J connectivity index is 1.40. The standard InChI is InChI=1S/C34H53N5O5/c1-23-20-36(31(41)43-33(3,4)5)13-15-38(23)29-12-10-27(22-40)28(29)11-9-26-17-25(19-35)18-30(26)39-16-14-37(21-24(39)2)32(42)44-34(6,7)8/h18,22-24,26,29-30H,9-17,20-21H2,1-8H3/t23-,24-,26?,29+,30-/m1/s1. The first-order chi connectivity index (χ1) is 20.6. The molecule has 0 aromatic heterocycles. The lowest BCUT2D eigenvalue weighted by Crippen LogP contribution is -2.58. The minimum Gasteiger partial charge on any atom is -0.444 e. The van der Waals surface area contributed by atoms with Gasteiger partial charge in [-0.05, 0) is 105 Å². The predicted octanol–water partition coefficient (Wildman–Crippen LogP) is 5.15. The highest BCUT2D eigenvalue weighted by molar-refractivity contribution is 5.76. The molecule has 4 aliphatic rings. The molecule has 2 amide bonds. The van der Waals surface area contributed by atoms with E-state index in [1.807, 2.05) is 41.5 Å². The zero-order valence-electron chi connectivity index (χ0n) is 28.1. The van der Waals surface area contributed by atoms with Gasteiger partial charge in [-0.25, -0.2) is 9.59 Å². The third-order valence-corrected chi connectivity index (χ3v) is 9.35. The summed E-state index contributed by atoms with van der Waals surface area (Å²) in [5, 5.41) is 9.81. The first-order valence-corrected chi connectivity index (χ1v) is 16.4. The molecule has 2 fully saturated rings. The van der Waals surface area contributed by atoms with Crippen LogP contribution in [0.15, 0.2) is 22.8 Å². The summed E-state index contributed by atoms with van der Waals surface area (Å²) >= 11 is 0. The molecule has 244 valence electrons.